The van der Waals surface area contributed by atoms with Crippen molar-refractivity contribution in [3.05, 3.63) is 0 Å². The molecule has 58 valence electrons. The van der Waals surface area contributed by atoms with Gasteiger partial charge in [-0.3, -0.25) is 5.73 Å². The van der Waals surface area contributed by atoms with Crippen molar-refractivity contribution in [2.75, 3.05) is 0 Å². The Balaban J connectivity index is 2.39. The number of rotatable bonds is 2. The Labute approximate surface area is 61.5 Å². The van der Waals surface area contributed by atoms with Gasteiger partial charge in [-0.15, -0.1) is 0 Å². The standard InChI is InChI=1S/C6H12NO2P/c7-6(10(8)9)5-3-1-2-4-5/h5-6H,1-4,7H2/p+1. The van der Waals surface area contributed by atoms with Crippen LogP contribution in [0.2, 0.25) is 0 Å². The Bertz CT molecular complexity index is 134. The van der Waals surface area contributed by atoms with E-state index in [4.69, 9.17) is 10.6 Å². The van der Waals surface area contributed by atoms with E-state index in [-0.39, 0.29) is 0 Å². The fourth-order valence-electron chi connectivity index (χ4n) is 1.48. The molecule has 0 saturated heterocycles. The summed E-state index contributed by atoms with van der Waals surface area (Å²) in [6, 6.07) is 0. The van der Waals surface area contributed by atoms with Gasteiger partial charge in [0.2, 0.25) is 5.78 Å². The van der Waals surface area contributed by atoms with Crippen LogP contribution in [0, 0.1) is 5.92 Å². The second kappa shape index (κ2) is 3.42. The average molecular weight is 162 g/mol. The van der Waals surface area contributed by atoms with Crippen molar-refractivity contribution in [2.24, 2.45) is 11.7 Å². The molecule has 2 atom stereocenters. The fraction of sp³-hybridized carbons (Fsp3) is 1.00. The zero-order valence-electron chi connectivity index (χ0n) is 5.86. The number of hydrogen-bond donors (Lipinski definition) is 2. The molecule has 1 fully saturated rings. The minimum absolute atomic E-state index is 0.300. The van der Waals surface area contributed by atoms with Crippen LogP contribution >= 0.6 is 8.03 Å². The van der Waals surface area contributed by atoms with Gasteiger partial charge in [0, 0.05) is 5.92 Å². The van der Waals surface area contributed by atoms with Gasteiger partial charge in [0.1, 0.15) is 0 Å². The molecule has 0 bridgehead atoms. The van der Waals surface area contributed by atoms with Crippen molar-refractivity contribution in [3.63, 3.8) is 0 Å². The smallest absolute Gasteiger partial charge is 0.285 e. The Morgan fingerprint density at radius 2 is 2.00 bits per heavy atom. The molecular formula is C6H13NO2P+. The van der Waals surface area contributed by atoms with E-state index in [0.717, 1.165) is 12.8 Å². The minimum atomic E-state index is -2.14. The maximum Gasteiger partial charge on any atom is 0.524 e. The lowest BCUT2D eigenvalue weighted by Gasteiger charge is -2.04. The molecular weight excluding hydrogens is 149 g/mol. The van der Waals surface area contributed by atoms with Crippen LogP contribution in [0.25, 0.3) is 0 Å². The molecule has 0 aromatic rings. The monoisotopic (exact) mass is 162 g/mol. The molecule has 0 aromatic carbocycles. The lowest BCUT2D eigenvalue weighted by molar-refractivity contribution is 0.443. The molecule has 1 aliphatic rings. The lowest BCUT2D eigenvalue weighted by atomic mass is 10.1. The molecule has 0 radical (unpaired) electrons. The zero-order valence-corrected chi connectivity index (χ0v) is 6.76. The first-order chi connectivity index (χ1) is 4.72. The first-order valence-electron chi connectivity index (χ1n) is 3.62. The SMILES string of the molecule is NC(C1CCCC1)[P+](=O)O. The molecule has 0 heterocycles. The summed E-state index contributed by atoms with van der Waals surface area (Å²) >= 11 is 0. The van der Waals surface area contributed by atoms with Crippen molar-refractivity contribution in [3.8, 4) is 0 Å². The van der Waals surface area contributed by atoms with Crippen LogP contribution in [0.5, 0.6) is 0 Å². The van der Waals surface area contributed by atoms with Gasteiger partial charge >= 0.3 is 8.03 Å². The largest absolute Gasteiger partial charge is 0.524 e. The van der Waals surface area contributed by atoms with Crippen LogP contribution in [0.4, 0.5) is 0 Å². The van der Waals surface area contributed by atoms with E-state index in [0.29, 0.717) is 5.92 Å². The van der Waals surface area contributed by atoms with Gasteiger partial charge in [-0.1, -0.05) is 12.8 Å². The summed E-state index contributed by atoms with van der Waals surface area (Å²) in [4.78, 5) is 8.67. The van der Waals surface area contributed by atoms with Crippen molar-refractivity contribution < 1.29 is 9.46 Å². The molecule has 0 aliphatic heterocycles. The fourth-order valence-corrected chi connectivity index (χ4v) is 2.14. The summed E-state index contributed by atoms with van der Waals surface area (Å²) in [5.41, 5.74) is 5.49. The summed E-state index contributed by atoms with van der Waals surface area (Å²) in [7, 11) is -2.14. The van der Waals surface area contributed by atoms with E-state index >= 15 is 0 Å². The molecule has 2 unspecified atom stereocenters. The molecule has 0 spiro atoms. The predicted molar refractivity (Wildman–Crippen MR) is 39.8 cm³/mol. The first-order valence-corrected chi connectivity index (χ1v) is 4.91. The topological polar surface area (TPSA) is 63.3 Å². The zero-order chi connectivity index (χ0) is 7.56. The van der Waals surface area contributed by atoms with Gasteiger partial charge in [0.15, 0.2) is 0 Å². The molecule has 10 heavy (non-hydrogen) atoms. The normalized spacial score (nSPS) is 24.8. The quantitative estimate of drug-likeness (QED) is 0.599. The first kappa shape index (κ1) is 8.12. The molecule has 1 rings (SSSR count). The molecule has 1 aliphatic carbocycles. The van der Waals surface area contributed by atoms with Crippen LogP contribution in [0.1, 0.15) is 25.7 Å². The summed E-state index contributed by atoms with van der Waals surface area (Å²) in [6.07, 6.45) is 4.40. The highest BCUT2D eigenvalue weighted by molar-refractivity contribution is 7.38. The van der Waals surface area contributed by atoms with Crippen molar-refractivity contribution >= 4 is 8.03 Å². The Kier molecular flexibility index (Phi) is 2.78. The van der Waals surface area contributed by atoms with E-state index in [9.17, 15) is 4.57 Å². The highest BCUT2D eigenvalue weighted by Gasteiger charge is 2.35. The van der Waals surface area contributed by atoms with Gasteiger partial charge < -0.3 is 0 Å². The third kappa shape index (κ3) is 1.75. The van der Waals surface area contributed by atoms with Gasteiger partial charge in [0.25, 0.3) is 0 Å². The highest BCUT2D eigenvalue weighted by atomic mass is 31.1. The molecule has 0 aromatic heterocycles. The van der Waals surface area contributed by atoms with Gasteiger partial charge in [-0.2, -0.15) is 4.89 Å². The molecule has 4 heteroatoms. The van der Waals surface area contributed by atoms with E-state index < -0.39 is 13.8 Å². The Morgan fingerprint density at radius 1 is 1.50 bits per heavy atom. The molecule has 0 amide bonds. The van der Waals surface area contributed by atoms with Gasteiger partial charge in [-0.05, 0) is 17.4 Å². The summed E-state index contributed by atoms with van der Waals surface area (Å²) in [6.45, 7) is 0. The molecule has 3 N–H and O–H groups in total. The van der Waals surface area contributed by atoms with E-state index in [1.54, 1.807) is 0 Å². The lowest BCUT2D eigenvalue weighted by Crippen LogP contribution is -2.24. The van der Waals surface area contributed by atoms with Gasteiger partial charge in [0.05, 0.1) is 0 Å². The maximum absolute atomic E-state index is 10.5. The number of hydrogen-bond acceptors (Lipinski definition) is 2. The Hall–Kier alpha value is 0.0200. The van der Waals surface area contributed by atoms with Gasteiger partial charge in [-0.25, -0.2) is 0 Å². The summed E-state index contributed by atoms with van der Waals surface area (Å²) < 4.78 is 10.5. The second-order valence-corrected chi connectivity index (χ2v) is 4.04. The van der Waals surface area contributed by atoms with Crippen molar-refractivity contribution in [1.29, 1.82) is 0 Å². The minimum Gasteiger partial charge on any atom is -0.285 e. The maximum atomic E-state index is 10.5. The van der Waals surface area contributed by atoms with Crippen molar-refractivity contribution in [1.82, 2.24) is 0 Å². The van der Waals surface area contributed by atoms with Crippen molar-refractivity contribution in [2.45, 2.75) is 31.5 Å². The molecule has 1 saturated carbocycles. The second-order valence-electron chi connectivity index (χ2n) is 2.84. The van der Waals surface area contributed by atoms with Crippen LogP contribution in [0.15, 0.2) is 0 Å². The molecule has 3 nitrogen and oxygen atoms in total. The number of nitrogens with two attached hydrogens (primary N) is 1. The van der Waals surface area contributed by atoms with Crippen LogP contribution in [-0.2, 0) is 4.57 Å². The summed E-state index contributed by atoms with van der Waals surface area (Å²) in [5, 5.41) is 0. The third-order valence-electron chi connectivity index (χ3n) is 2.14. The van der Waals surface area contributed by atoms with E-state index in [2.05, 4.69) is 0 Å². The third-order valence-corrected chi connectivity index (χ3v) is 3.07. The van der Waals surface area contributed by atoms with Crippen LogP contribution < -0.4 is 5.73 Å². The van der Waals surface area contributed by atoms with Crippen LogP contribution in [0.3, 0.4) is 0 Å². The van der Waals surface area contributed by atoms with Crippen LogP contribution in [-0.4, -0.2) is 10.7 Å². The van der Waals surface area contributed by atoms with E-state index in [1.165, 1.54) is 12.8 Å². The average Bonchev–Trinajstić information content (AvgIpc) is 2.36. The van der Waals surface area contributed by atoms with E-state index in [1.807, 2.05) is 0 Å². The summed E-state index contributed by atoms with van der Waals surface area (Å²) in [5.74, 6) is -0.175. The highest BCUT2D eigenvalue weighted by Crippen LogP contribution is 2.35. The predicted octanol–water partition coefficient (Wildman–Crippen LogP) is 1.20. The Morgan fingerprint density at radius 3 is 2.40 bits per heavy atom.